The highest BCUT2D eigenvalue weighted by molar-refractivity contribution is 5.95. The van der Waals surface area contributed by atoms with Crippen LogP contribution in [0.25, 0.3) is 0 Å². The molecule has 1 aliphatic rings. The predicted molar refractivity (Wildman–Crippen MR) is 121 cm³/mol. The lowest BCUT2D eigenvalue weighted by molar-refractivity contribution is -0.139. The van der Waals surface area contributed by atoms with Crippen molar-refractivity contribution in [2.75, 3.05) is 13.2 Å². The number of amides is 2. The molecule has 1 aromatic carbocycles. The van der Waals surface area contributed by atoms with Crippen molar-refractivity contribution in [1.29, 1.82) is 0 Å². The molecule has 4 rings (SSSR count). The van der Waals surface area contributed by atoms with E-state index in [1.165, 1.54) is 6.07 Å². The lowest BCUT2D eigenvalue weighted by Crippen LogP contribution is -2.47. The van der Waals surface area contributed by atoms with Gasteiger partial charge in [0.15, 0.2) is 0 Å². The van der Waals surface area contributed by atoms with E-state index in [9.17, 15) is 14.4 Å². The van der Waals surface area contributed by atoms with Gasteiger partial charge in [0.25, 0.3) is 0 Å². The minimum atomic E-state index is -0.907. The summed E-state index contributed by atoms with van der Waals surface area (Å²) in [6.45, 7) is 3.25. The molecule has 2 amide bonds. The van der Waals surface area contributed by atoms with Crippen molar-refractivity contribution in [3.63, 3.8) is 0 Å². The first-order valence-electron chi connectivity index (χ1n) is 10.9. The van der Waals surface area contributed by atoms with Crippen LogP contribution in [0.1, 0.15) is 40.8 Å². The summed E-state index contributed by atoms with van der Waals surface area (Å²) in [6.07, 6.45) is 0. The highest BCUT2D eigenvalue weighted by atomic mass is 16.6. The van der Waals surface area contributed by atoms with Gasteiger partial charge in [-0.05, 0) is 50.2 Å². The van der Waals surface area contributed by atoms with Gasteiger partial charge in [-0.2, -0.15) is 0 Å². The Morgan fingerprint density at radius 1 is 0.943 bits per heavy atom. The molecule has 182 valence electrons. The van der Waals surface area contributed by atoms with E-state index in [2.05, 4.69) is 10.6 Å². The number of rotatable bonds is 9. The fourth-order valence-corrected chi connectivity index (χ4v) is 3.45. The van der Waals surface area contributed by atoms with Crippen LogP contribution in [-0.2, 0) is 20.9 Å². The second-order valence-electron chi connectivity index (χ2n) is 7.54. The van der Waals surface area contributed by atoms with E-state index in [1.807, 2.05) is 18.2 Å². The van der Waals surface area contributed by atoms with E-state index < -0.39 is 30.6 Å². The largest absolute Gasteiger partial charge is 0.486 e. The van der Waals surface area contributed by atoms with Crippen molar-refractivity contribution < 1.29 is 37.4 Å². The van der Waals surface area contributed by atoms with Crippen LogP contribution in [0, 0.1) is 6.92 Å². The van der Waals surface area contributed by atoms with E-state index in [4.69, 9.17) is 23.0 Å². The molecule has 0 saturated heterocycles. The number of benzene rings is 1. The average molecular weight is 480 g/mol. The number of carbonyl (C=O) groups is 3. The molecule has 2 aromatic heterocycles. The van der Waals surface area contributed by atoms with Crippen LogP contribution in [0.3, 0.4) is 0 Å². The molecular weight excluding hydrogens is 456 g/mol. The summed E-state index contributed by atoms with van der Waals surface area (Å²) < 4.78 is 27.2. The Labute approximate surface area is 200 Å². The molecule has 0 spiro atoms. The maximum atomic E-state index is 12.7. The Hall–Kier alpha value is -4.47. The third kappa shape index (κ3) is 5.72. The highest BCUT2D eigenvalue weighted by Gasteiger charge is 2.36. The third-order valence-corrected chi connectivity index (χ3v) is 5.03. The van der Waals surface area contributed by atoms with Crippen molar-refractivity contribution in [2.45, 2.75) is 26.5 Å². The number of nitrogens with one attached hydrogen (secondary N) is 2. The topological polar surface area (TPSA) is 129 Å². The number of hydrogen-bond acceptors (Lipinski definition) is 8. The molecule has 1 aliphatic heterocycles. The number of carbonyl (C=O) groups excluding carboxylic acids is 3. The van der Waals surface area contributed by atoms with E-state index in [1.54, 1.807) is 44.2 Å². The molecule has 10 heteroatoms. The Balaban J connectivity index is 1.48. The van der Waals surface area contributed by atoms with Crippen molar-refractivity contribution in [1.82, 2.24) is 10.6 Å². The number of ether oxygens (including phenoxy) is 3. The first kappa shape index (κ1) is 23.7. The molecule has 3 heterocycles. The first-order chi connectivity index (χ1) is 16.9. The Morgan fingerprint density at radius 3 is 2.46 bits per heavy atom. The third-order valence-electron chi connectivity index (χ3n) is 5.03. The standard InChI is InChI=1S/C25H24N2O8/c1-3-31-24(29)21-18(26-25(30)27-22(21)19-11-9-15(2)34-19)14-33-23(28)20-12-10-17(35-20)13-32-16-7-5-4-6-8-16/h4-12,22H,3,13-14H2,1-2H3,(H2,26,27,30). The summed E-state index contributed by atoms with van der Waals surface area (Å²) >= 11 is 0. The van der Waals surface area contributed by atoms with E-state index in [-0.39, 0.29) is 30.2 Å². The summed E-state index contributed by atoms with van der Waals surface area (Å²) in [4.78, 5) is 37.6. The van der Waals surface area contributed by atoms with Crippen LogP contribution in [-0.4, -0.2) is 31.2 Å². The maximum Gasteiger partial charge on any atom is 0.374 e. The second kappa shape index (κ2) is 10.6. The zero-order valence-electron chi connectivity index (χ0n) is 19.2. The first-order valence-corrected chi connectivity index (χ1v) is 10.9. The molecule has 35 heavy (non-hydrogen) atoms. The van der Waals surface area contributed by atoms with Crippen molar-refractivity contribution in [3.05, 3.63) is 88.9 Å². The van der Waals surface area contributed by atoms with Gasteiger partial charge in [-0.1, -0.05) is 18.2 Å². The lowest BCUT2D eigenvalue weighted by atomic mass is 10.0. The van der Waals surface area contributed by atoms with Gasteiger partial charge in [-0.3, -0.25) is 0 Å². The smallest absolute Gasteiger partial charge is 0.374 e. The SMILES string of the molecule is CCOC(=O)C1=C(COC(=O)c2ccc(COc3ccccc3)o2)NC(=O)NC1c1ccc(C)o1. The monoisotopic (exact) mass is 480 g/mol. The summed E-state index contributed by atoms with van der Waals surface area (Å²) in [5.41, 5.74) is 0.156. The molecule has 1 atom stereocenters. The van der Waals surface area contributed by atoms with Gasteiger partial charge in [0.1, 0.15) is 42.3 Å². The molecule has 0 fully saturated rings. The molecule has 2 N–H and O–H groups in total. The van der Waals surface area contributed by atoms with Gasteiger partial charge in [0.05, 0.1) is 17.9 Å². The predicted octanol–water partition coefficient (Wildman–Crippen LogP) is 3.79. The summed E-state index contributed by atoms with van der Waals surface area (Å²) in [7, 11) is 0. The summed E-state index contributed by atoms with van der Waals surface area (Å²) in [5, 5.41) is 5.16. The zero-order chi connectivity index (χ0) is 24.8. The fourth-order valence-electron chi connectivity index (χ4n) is 3.45. The van der Waals surface area contributed by atoms with Gasteiger partial charge in [0.2, 0.25) is 5.76 Å². The van der Waals surface area contributed by atoms with Gasteiger partial charge in [0, 0.05) is 0 Å². The van der Waals surface area contributed by atoms with Crippen LogP contribution in [0.4, 0.5) is 4.79 Å². The molecule has 0 radical (unpaired) electrons. The van der Waals surface area contributed by atoms with E-state index >= 15 is 0 Å². The van der Waals surface area contributed by atoms with Crippen LogP contribution >= 0.6 is 0 Å². The number of urea groups is 1. The van der Waals surface area contributed by atoms with Gasteiger partial charge >= 0.3 is 18.0 Å². The average Bonchev–Trinajstić information content (AvgIpc) is 3.51. The molecule has 1 unspecified atom stereocenters. The van der Waals surface area contributed by atoms with Crippen LogP contribution in [0.5, 0.6) is 5.75 Å². The van der Waals surface area contributed by atoms with Crippen molar-refractivity contribution in [2.24, 2.45) is 0 Å². The van der Waals surface area contributed by atoms with Gasteiger partial charge < -0.3 is 33.7 Å². The van der Waals surface area contributed by atoms with Gasteiger partial charge in [-0.25, -0.2) is 14.4 Å². The van der Waals surface area contributed by atoms with Crippen LogP contribution in [0.15, 0.2) is 74.7 Å². The molecule has 0 saturated carbocycles. The minimum absolute atomic E-state index is 0.0478. The normalized spacial score (nSPS) is 15.3. The number of para-hydroxylation sites is 1. The van der Waals surface area contributed by atoms with E-state index in [0.717, 1.165) is 0 Å². The second-order valence-corrected chi connectivity index (χ2v) is 7.54. The molecule has 10 nitrogen and oxygen atoms in total. The summed E-state index contributed by atoms with van der Waals surface area (Å²) in [5.74, 6) is 0.541. The molecule has 3 aromatic rings. The van der Waals surface area contributed by atoms with Crippen LogP contribution in [0.2, 0.25) is 0 Å². The Kier molecular flexibility index (Phi) is 7.20. The number of furan rings is 2. The molecule has 0 aliphatic carbocycles. The maximum absolute atomic E-state index is 12.7. The number of aryl methyl sites for hydroxylation is 1. The Bertz CT molecular complexity index is 1240. The van der Waals surface area contributed by atoms with Crippen LogP contribution < -0.4 is 15.4 Å². The van der Waals surface area contributed by atoms with Gasteiger partial charge in [-0.15, -0.1) is 0 Å². The van der Waals surface area contributed by atoms with Crippen molar-refractivity contribution >= 4 is 18.0 Å². The quantitative estimate of drug-likeness (QED) is 0.443. The molecular formula is C25H24N2O8. The minimum Gasteiger partial charge on any atom is -0.486 e. The molecule has 0 bridgehead atoms. The Morgan fingerprint density at radius 2 is 1.74 bits per heavy atom. The number of esters is 2. The zero-order valence-corrected chi connectivity index (χ0v) is 19.2. The van der Waals surface area contributed by atoms with Crippen molar-refractivity contribution in [3.8, 4) is 5.75 Å². The number of hydrogen-bond donors (Lipinski definition) is 2. The lowest BCUT2D eigenvalue weighted by Gasteiger charge is -2.27. The summed E-state index contributed by atoms with van der Waals surface area (Å²) in [6, 6.07) is 14.1. The van der Waals surface area contributed by atoms with E-state index in [0.29, 0.717) is 23.0 Å². The highest BCUT2D eigenvalue weighted by Crippen LogP contribution is 2.29. The fraction of sp³-hybridized carbons (Fsp3) is 0.240.